The van der Waals surface area contributed by atoms with Crippen LogP contribution in [0.1, 0.15) is 44.1 Å². The van der Waals surface area contributed by atoms with Crippen LogP contribution in [0.25, 0.3) is 32.6 Å². The van der Waals surface area contributed by atoms with Gasteiger partial charge in [-0.05, 0) is 42.6 Å². The number of aromatic nitrogens is 8. The molecule has 28 heavy (non-hydrogen) atoms. The molecule has 0 saturated carbocycles. The van der Waals surface area contributed by atoms with Gasteiger partial charge in [-0.25, -0.2) is 29.3 Å². The fourth-order valence-corrected chi connectivity index (χ4v) is 5.06. The van der Waals surface area contributed by atoms with Crippen LogP contribution in [0.3, 0.4) is 0 Å². The van der Waals surface area contributed by atoms with Crippen molar-refractivity contribution < 1.29 is 0 Å². The zero-order chi connectivity index (χ0) is 20.0. The SMILES string of the molecule is CCC(CC)n1nc(C)c2nc(-c3sc(-c4ncnn4C)nc3Br)c(C)nc21. The Kier molecular flexibility index (Phi) is 5.00. The second-order valence-electron chi connectivity index (χ2n) is 6.68. The lowest BCUT2D eigenvalue weighted by atomic mass is 10.2. The topological polar surface area (TPSA) is 87.2 Å². The van der Waals surface area contributed by atoms with Gasteiger partial charge in [-0.1, -0.05) is 13.8 Å². The Morgan fingerprint density at radius 3 is 2.50 bits per heavy atom. The number of aryl methyl sites for hydroxylation is 3. The normalized spacial score (nSPS) is 11.8. The third-order valence-corrected chi connectivity index (χ3v) is 6.76. The molecule has 0 saturated heterocycles. The van der Waals surface area contributed by atoms with E-state index in [-0.39, 0.29) is 0 Å². The highest BCUT2D eigenvalue weighted by Crippen LogP contribution is 2.38. The van der Waals surface area contributed by atoms with Crippen LogP contribution in [-0.4, -0.2) is 39.5 Å². The Hall–Kier alpha value is -2.20. The van der Waals surface area contributed by atoms with Crippen molar-refractivity contribution in [3.63, 3.8) is 0 Å². The predicted octanol–water partition coefficient (Wildman–Crippen LogP) is 4.49. The van der Waals surface area contributed by atoms with Crippen LogP contribution >= 0.6 is 27.3 Å². The highest BCUT2D eigenvalue weighted by Gasteiger charge is 2.22. The van der Waals surface area contributed by atoms with Gasteiger partial charge in [0, 0.05) is 7.05 Å². The number of halogens is 1. The molecule has 0 aliphatic heterocycles. The molecular weight excluding hydrogens is 440 g/mol. The maximum absolute atomic E-state index is 4.95. The maximum Gasteiger partial charge on any atom is 0.187 e. The van der Waals surface area contributed by atoms with E-state index in [2.05, 4.69) is 44.8 Å². The van der Waals surface area contributed by atoms with Gasteiger partial charge in [0.15, 0.2) is 16.5 Å². The molecule has 4 heterocycles. The molecule has 146 valence electrons. The van der Waals surface area contributed by atoms with Crippen molar-refractivity contribution in [1.29, 1.82) is 0 Å². The Bertz CT molecular complexity index is 1150. The van der Waals surface area contributed by atoms with E-state index < -0.39 is 0 Å². The van der Waals surface area contributed by atoms with Gasteiger partial charge in [0.1, 0.15) is 22.1 Å². The average molecular weight is 461 g/mol. The number of nitrogens with zero attached hydrogens (tertiary/aromatic N) is 8. The molecule has 8 nitrogen and oxygen atoms in total. The Morgan fingerprint density at radius 1 is 1.11 bits per heavy atom. The number of hydrogen-bond donors (Lipinski definition) is 0. The van der Waals surface area contributed by atoms with Crippen LogP contribution in [-0.2, 0) is 7.05 Å². The molecule has 0 aliphatic rings. The van der Waals surface area contributed by atoms with Gasteiger partial charge in [0.2, 0.25) is 0 Å². The van der Waals surface area contributed by atoms with Crippen molar-refractivity contribution in [2.45, 2.75) is 46.6 Å². The van der Waals surface area contributed by atoms with Gasteiger partial charge >= 0.3 is 0 Å². The minimum Gasteiger partial charge on any atom is -0.247 e. The van der Waals surface area contributed by atoms with E-state index in [1.54, 1.807) is 4.68 Å². The lowest BCUT2D eigenvalue weighted by molar-refractivity contribution is 0.436. The molecule has 0 unspecified atom stereocenters. The second kappa shape index (κ2) is 7.32. The summed E-state index contributed by atoms with van der Waals surface area (Å²) in [6.07, 6.45) is 3.55. The molecule has 0 fully saturated rings. The van der Waals surface area contributed by atoms with E-state index >= 15 is 0 Å². The standard InChI is InChI=1S/C18H21BrN8S/c1-6-11(7-2)27-16-13(10(4)25-27)23-12(9(3)22-16)14-15(19)24-18(28-14)17-20-8-21-26(17)5/h8,11H,6-7H2,1-5H3. The monoisotopic (exact) mass is 460 g/mol. The molecule has 0 bridgehead atoms. The zero-order valence-electron chi connectivity index (χ0n) is 16.4. The third-order valence-electron chi connectivity index (χ3n) is 4.86. The van der Waals surface area contributed by atoms with E-state index in [4.69, 9.17) is 15.1 Å². The molecule has 4 aromatic rings. The summed E-state index contributed by atoms with van der Waals surface area (Å²) in [5, 5.41) is 9.65. The summed E-state index contributed by atoms with van der Waals surface area (Å²) in [4.78, 5) is 19.7. The lowest BCUT2D eigenvalue weighted by Crippen LogP contribution is -2.10. The Labute approximate surface area is 175 Å². The van der Waals surface area contributed by atoms with Gasteiger partial charge in [-0.2, -0.15) is 10.2 Å². The van der Waals surface area contributed by atoms with E-state index in [1.807, 2.05) is 25.6 Å². The van der Waals surface area contributed by atoms with Crippen molar-refractivity contribution in [3.05, 3.63) is 22.3 Å². The highest BCUT2D eigenvalue weighted by molar-refractivity contribution is 9.10. The maximum atomic E-state index is 4.95. The molecule has 0 spiro atoms. The van der Waals surface area contributed by atoms with E-state index in [0.29, 0.717) is 6.04 Å². The van der Waals surface area contributed by atoms with Gasteiger partial charge in [-0.15, -0.1) is 11.3 Å². The fraction of sp³-hybridized carbons (Fsp3) is 0.444. The molecule has 4 aromatic heterocycles. The summed E-state index contributed by atoms with van der Waals surface area (Å²) in [6.45, 7) is 8.32. The van der Waals surface area contributed by atoms with E-state index in [1.165, 1.54) is 17.7 Å². The Balaban J connectivity index is 1.87. The van der Waals surface area contributed by atoms with Crippen molar-refractivity contribution in [1.82, 2.24) is 39.5 Å². The fourth-order valence-electron chi connectivity index (χ4n) is 3.30. The van der Waals surface area contributed by atoms with Crippen LogP contribution in [0.2, 0.25) is 0 Å². The zero-order valence-corrected chi connectivity index (χ0v) is 18.8. The molecule has 0 amide bonds. The van der Waals surface area contributed by atoms with Gasteiger partial charge in [-0.3, -0.25) is 0 Å². The summed E-state index contributed by atoms with van der Waals surface area (Å²) in [5.41, 5.74) is 4.25. The molecule has 0 atom stereocenters. The van der Waals surface area contributed by atoms with Gasteiger partial charge < -0.3 is 0 Å². The predicted molar refractivity (Wildman–Crippen MR) is 113 cm³/mol. The van der Waals surface area contributed by atoms with Gasteiger partial charge in [0.25, 0.3) is 0 Å². The van der Waals surface area contributed by atoms with Crippen molar-refractivity contribution in [3.8, 4) is 21.4 Å². The largest absolute Gasteiger partial charge is 0.247 e. The molecule has 0 radical (unpaired) electrons. The molecule has 4 rings (SSSR count). The van der Waals surface area contributed by atoms with Crippen LogP contribution in [0.15, 0.2) is 10.9 Å². The minimum absolute atomic E-state index is 0.327. The van der Waals surface area contributed by atoms with Crippen LogP contribution in [0.4, 0.5) is 0 Å². The van der Waals surface area contributed by atoms with Crippen LogP contribution in [0, 0.1) is 13.8 Å². The number of fused-ring (bicyclic) bond motifs is 1. The molecular formula is C18H21BrN8S. The first kappa shape index (κ1) is 19.1. The summed E-state index contributed by atoms with van der Waals surface area (Å²) in [6, 6.07) is 0.327. The van der Waals surface area contributed by atoms with E-state index in [9.17, 15) is 0 Å². The van der Waals surface area contributed by atoms with E-state index in [0.717, 1.165) is 61.4 Å². The molecule has 0 N–H and O–H groups in total. The summed E-state index contributed by atoms with van der Waals surface area (Å²) in [5.74, 6) is 0.723. The van der Waals surface area contributed by atoms with Crippen LogP contribution in [0.5, 0.6) is 0 Å². The number of thiazole rings is 1. The first-order chi connectivity index (χ1) is 13.4. The highest BCUT2D eigenvalue weighted by atomic mass is 79.9. The second-order valence-corrected chi connectivity index (χ2v) is 8.43. The Morgan fingerprint density at radius 2 is 1.86 bits per heavy atom. The van der Waals surface area contributed by atoms with Crippen molar-refractivity contribution >= 4 is 38.4 Å². The number of rotatable bonds is 5. The summed E-state index contributed by atoms with van der Waals surface area (Å²) >= 11 is 5.11. The third kappa shape index (κ3) is 3.04. The first-order valence-corrected chi connectivity index (χ1v) is 10.8. The smallest absolute Gasteiger partial charge is 0.187 e. The van der Waals surface area contributed by atoms with Gasteiger partial charge in [0.05, 0.1) is 22.3 Å². The quantitative estimate of drug-likeness (QED) is 0.435. The molecule has 0 aromatic carbocycles. The lowest BCUT2D eigenvalue weighted by Gasteiger charge is -2.14. The average Bonchev–Trinajstić information content (AvgIpc) is 3.34. The van der Waals surface area contributed by atoms with Crippen LogP contribution < -0.4 is 0 Å². The number of hydrogen-bond acceptors (Lipinski definition) is 7. The molecule has 10 heteroatoms. The summed E-state index contributed by atoms with van der Waals surface area (Å²) < 4.78 is 4.47. The van der Waals surface area contributed by atoms with Crippen molar-refractivity contribution in [2.75, 3.05) is 0 Å². The summed E-state index contributed by atoms with van der Waals surface area (Å²) in [7, 11) is 1.85. The molecule has 0 aliphatic carbocycles. The minimum atomic E-state index is 0.327. The first-order valence-electron chi connectivity index (χ1n) is 9.19. The van der Waals surface area contributed by atoms with Crippen molar-refractivity contribution in [2.24, 2.45) is 7.05 Å².